The fourth-order valence-corrected chi connectivity index (χ4v) is 3.17. The third-order valence-corrected chi connectivity index (χ3v) is 4.57. The van der Waals surface area contributed by atoms with Gasteiger partial charge in [0.25, 0.3) is 11.9 Å². The molecule has 3 amide bonds. The van der Waals surface area contributed by atoms with Gasteiger partial charge in [0, 0.05) is 13.1 Å². The second-order valence-corrected chi connectivity index (χ2v) is 6.59. The normalized spacial score (nSPS) is 10.5. The van der Waals surface area contributed by atoms with Crippen LogP contribution in [0.4, 0.5) is 10.7 Å². The molecule has 0 saturated heterocycles. The van der Waals surface area contributed by atoms with Crippen molar-refractivity contribution < 1.29 is 23.8 Å². The summed E-state index contributed by atoms with van der Waals surface area (Å²) in [5.74, 6) is 1.15. The van der Waals surface area contributed by atoms with Gasteiger partial charge in [0.15, 0.2) is 17.1 Å². The molecule has 0 fully saturated rings. The molecular formula is C21H26N6O5. The van der Waals surface area contributed by atoms with Crippen LogP contribution in [0.15, 0.2) is 24.3 Å². The van der Waals surface area contributed by atoms with Gasteiger partial charge >= 0.3 is 6.03 Å². The van der Waals surface area contributed by atoms with E-state index >= 15 is 0 Å². The van der Waals surface area contributed by atoms with Gasteiger partial charge in [-0.1, -0.05) is 0 Å². The van der Waals surface area contributed by atoms with Crippen LogP contribution in [0.3, 0.4) is 0 Å². The van der Waals surface area contributed by atoms with E-state index in [1.165, 1.54) is 25.8 Å². The molecule has 3 N–H and O–H groups in total. The topological polar surface area (TPSA) is 128 Å². The van der Waals surface area contributed by atoms with Gasteiger partial charge in [-0.2, -0.15) is 4.98 Å². The zero-order chi connectivity index (χ0) is 23.3. The largest absolute Gasteiger partial charge is 0.493 e. The molecule has 11 heteroatoms. The molecule has 32 heavy (non-hydrogen) atoms. The van der Waals surface area contributed by atoms with Crippen molar-refractivity contribution in [3.63, 3.8) is 0 Å². The highest BCUT2D eigenvalue weighted by atomic mass is 16.5. The second-order valence-electron chi connectivity index (χ2n) is 6.59. The molecule has 3 aromatic rings. The summed E-state index contributed by atoms with van der Waals surface area (Å²) in [6.07, 6.45) is 0. The lowest BCUT2D eigenvalue weighted by Crippen LogP contribution is -2.28. The van der Waals surface area contributed by atoms with Gasteiger partial charge in [-0.3, -0.25) is 10.1 Å². The average molecular weight is 442 g/mol. The number of pyridine rings is 1. The highest BCUT2D eigenvalue weighted by Gasteiger charge is 2.19. The van der Waals surface area contributed by atoms with Gasteiger partial charge < -0.3 is 24.8 Å². The van der Waals surface area contributed by atoms with Crippen molar-refractivity contribution in [1.29, 1.82) is 0 Å². The van der Waals surface area contributed by atoms with Crippen molar-refractivity contribution in [3.05, 3.63) is 30.0 Å². The van der Waals surface area contributed by atoms with E-state index in [4.69, 9.17) is 14.2 Å². The molecule has 0 bridgehead atoms. The number of nitrogens with zero attached hydrogens (tertiary/aromatic N) is 3. The van der Waals surface area contributed by atoms with Gasteiger partial charge in [-0.25, -0.2) is 9.31 Å². The summed E-state index contributed by atoms with van der Waals surface area (Å²) in [4.78, 5) is 29.0. The van der Waals surface area contributed by atoms with Gasteiger partial charge in [0.1, 0.15) is 5.69 Å². The van der Waals surface area contributed by atoms with Crippen LogP contribution in [-0.4, -0.2) is 61.0 Å². The Hall–Kier alpha value is -4.02. The lowest BCUT2D eigenvalue weighted by Gasteiger charge is -2.15. The minimum atomic E-state index is -0.437. The Morgan fingerprint density at radius 3 is 2.09 bits per heavy atom. The first kappa shape index (κ1) is 22.7. The quantitative estimate of drug-likeness (QED) is 0.488. The maximum Gasteiger partial charge on any atom is 0.321 e. The van der Waals surface area contributed by atoms with Crippen molar-refractivity contribution in [2.24, 2.45) is 0 Å². The van der Waals surface area contributed by atoms with Crippen LogP contribution in [0.1, 0.15) is 24.3 Å². The number of amides is 3. The van der Waals surface area contributed by atoms with E-state index in [9.17, 15) is 9.59 Å². The van der Waals surface area contributed by atoms with Crippen LogP contribution in [-0.2, 0) is 0 Å². The maximum absolute atomic E-state index is 12.8. The third-order valence-electron chi connectivity index (χ3n) is 4.57. The van der Waals surface area contributed by atoms with E-state index in [2.05, 4.69) is 26.0 Å². The molecule has 0 unspecified atom stereocenters. The Kier molecular flexibility index (Phi) is 6.98. The van der Waals surface area contributed by atoms with Gasteiger partial charge in [0.05, 0.1) is 21.3 Å². The van der Waals surface area contributed by atoms with Crippen LogP contribution < -0.4 is 30.2 Å². The molecule has 0 aliphatic rings. The van der Waals surface area contributed by atoms with E-state index in [1.807, 2.05) is 6.92 Å². The number of urea groups is 1. The van der Waals surface area contributed by atoms with E-state index in [0.717, 1.165) is 0 Å². The number of rotatable bonds is 8. The Balaban J connectivity index is 2.17. The second kappa shape index (κ2) is 9.86. The van der Waals surface area contributed by atoms with E-state index in [1.54, 1.807) is 31.2 Å². The minimum Gasteiger partial charge on any atom is -0.493 e. The van der Waals surface area contributed by atoms with Gasteiger partial charge in [-0.15, -0.1) is 5.10 Å². The lowest BCUT2D eigenvalue weighted by atomic mass is 10.0. The summed E-state index contributed by atoms with van der Waals surface area (Å²) in [5.41, 5.74) is 2.03. The van der Waals surface area contributed by atoms with Gasteiger partial charge in [-0.05, 0) is 49.2 Å². The number of carbonyl (C=O) groups is 2. The summed E-state index contributed by atoms with van der Waals surface area (Å²) >= 11 is 0. The number of fused-ring (bicyclic) bond motifs is 1. The Morgan fingerprint density at radius 1 is 0.906 bits per heavy atom. The lowest BCUT2D eigenvalue weighted by molar-refractivity contribution is 0.0948. The highest BCUT2D eigenvalue weighted by molar-refractivity contribution is 5.95. The van der Waals surface area contributed by atoms with Crippen molar-refractivity contribution in [2.75, 3.05) is 39.7 Å². The first-order valence-corrected chi connectivity index (χ1v) is 9.99. The van der Waals surface area contributed by atoms with Crippen LogP contribution in [0, 0.1) is 0 Å². The number of carbonyl (C=O) groups excluding carboxylic acids is 2. The fraction of sp³-hybridized carbons (Fsp3) is 0.333. The highest BCUT2D eigenvalue weighted by Crippen LogP contribution is 2.41. The third kappa shape index (κ3) is 4.51. The number of hydrogen-bond acceptors (Lipinski definition) is 7. The number of benzene rings is 1. The molecule has 0 spiro atoms. The molecule has 0 aliphatic heterocycles. The Labute approximate surface area is 185 Å². The summed E-state index contributed by atoms with van der Waals surface area (Å²) in [7, 11) is 4.59. The first-order valence-electron chi connectivity index (χ1n) is 9.99. The van der Waals surface area contributed by atoms with Crippen molar-refractivity contribution in [3.8, 4) is 28.4 Å². The summed E-state index contributed by atoms with van der Waals surface area (Å²) in [6.45, 7) is 4.51. The predicted molar refractivity (Wildman–Crippen MR) is 119 cm³/mol. The number of ether oxygens (including phenoxy) is 3. The Morgan fingerprint density at radius 2 is 1.53 bits per heavy atom. The number of anilines is 1. The van der Waals surface area contributed by atoms with Crippen LogP contribution in [0.25, 0.3) is 16.8 Å². The average Bonchev–Trinajstić information content (AvgIpc) is 3.19. The van der Waals surface area contributed by atoms with Crippen molar-refractivity contribution in [1.82, 2.24) is 25.2 Å². The maximum atomic E-state index is 12.8. The molecule has 2 aromatic heterocycles. The molecule has 3 rings (SSSR count). The van der Waals surface area contributed by atoms with Crippen LogP contribution >= 0.6 is 0 Å². The molecule has 1 aromatic carbocycles. The number of aromatic nitrogens is 3. The monoisotopic (exact) mass is 442 g/mol. The first-order chi connectivity index (χ1) is 15.4. The van der Waals surface area contributed by atoms with E-state index in [-0.39, 0.29) is 17.5 Å². The zero-order valence-electron chi connectivity index (χ0n) is 18.6. The number of hydrogen-bond donors (Lipinski definition) is 3. The molecule has 11 nitrogen and oxygen atoms in total. The number of methoxy groups -OCH3 is 3. The summed E-state index contributed by atoms with van der Waals surface area (Å²) in [5, 5.41) is 12.2. The summed E-state index contributed by atoms with van der Waals surface area (Å²) in [6, 6.07) is 6.55. The molecule has 2 heterocycles. The van der Waals surface area contributed by atoms with Crippen LogP contribution in [0.5, 0.6) is 17.2 Å². The fourth-order valence-electron chi connectivity index (χ4n) is 3.17. The number of nitrogens with one attached hydrogen (secondary N) is 3. The standard InChI is InChI=1S/C21H26N6O5/c1-6-22-19(28)14-8-12(13-9-15(30-3)18(32-5)16(10-13)31-4)11-17-24-20(26-27(14)17)25-21(29)23-7-2/h8-11H,6-7H2,1-5H3,(H,22,28)(H2,23,25,26,29). The van der Waals surface area contributed by atoms with Crippen molar-refractivity contribution >= 4 is 23.5 Å². The minimum absolute atomic E-state index is 0.0727. The molecular weight excluding hydrogens is 416 g/mol. The van der Waals surface area contributed by atoms with E-state index < -0.39 is 6.03 Å². The van der Waals surface area contributed by atoms with E-state index in [0.29, 0.717) is 47.1 Å². The molecule has 170 valence electrons. The molecule has 0 saturated carbocycles. The SMILES string of the molecule is CCNC(=O)Nc1nc2cc(-c3cc(OC)c(OC)c(OC)c3)cc(C(=O)NCC)n2n1. The predicted octanol–water partition coefficient (Wildman–Crippen LogP) is 2.31. The van der Waals surface area contributed by atoms with Crippen molar-refractivity contribution in [2.45, 2.75) is 13.8 Å². The van der Waals surface area contributed by atoms with Crippen LogP contribution in [0.2, 0.25) is 0 Å². The molecule has 0 aliphatic carbocycles. The molecule has 0 radical (unpaired) electrons. The zero-order valence-corrected chi connectivity index (χ0v) is 18.6. The smallest absolute Gasteiger partial charge is 0.321 e. The van der Waals surface area contributed by atoms with Gasteiger partial charge in [0.2, 0.25) is 5.75 Å². The molecule has 0 atom stereocenters. The summed E-state index contributed by atoms with van der Waals surface area (Å²) < 4.78 is 17.7. The Bertz CT molecular complexity index is 1120.